The van der Waals surface area contributed by atoms with Crippen LogP contribution >= 0.6 is 0 Å². The number of amides is 1. The summed E-state index contributed by atoms with van der Waals surface area (Å²) >= 11 is 0. The number of benzene rings is 3. The molecule has 0 saturated heterocycles. The van der Waals surface area contributed by atoms with Crippen molar-refractivity contribution in [3.63, 3.8) is 0 Å². The van der Waals surface area contributed by atoms with Crippen molar-refractivity contribution in [3.05, 3.63) is 78.4 Å². The number of aromatic nitrogens is 3. The minimum Gasteiger partial charge on any atom is -0.493 e. The third-order valence-electron chi connectivity index (χ3n) is 4.68. The van der Waals surface area contributed by atoms with Gasteiger partial charge in [0.25, 0.3) is 5.91 Å². The molecule has 0 spiro atoms. The molecule has 7 heteroatoms. The van der Waals surface area contributed by atoms with Crippen LogP contribution in [0.15, 0.2) is 83.0 Å². The summed E-state index contributed by atoms with van der Waals surface area (Å²) in [4.78, 5) is 23.1. The first-order chi connectivity index (χ1) is 14.2. The fourth-order valence-corrected chi connectivity index (χ4v) is 3.24. The van der Waals surface area contributed by atoms with E-state index in [4.69, 9.17) is 0 Å². The van der Waals surface area contributed by atoms with E-state index in [2.05, 4.69) is 25.2 Å². The van der Waals surface area contributed by atoms with Crippen molar-refractivity contribution < 1.29 is 9.90 Å². The van der Waals surface area contributed by atoms with Crippen molar-refractivity contribution in [2.45, 2.75) is 0 Å². The Hall–Kier alpha value is -4.26. The van der Waals surface area contributed by atoms with Crippen molar-refractivity contribution in [2.75, 3.05) is 0 Å². The molecular weight excluding hydrogens is 366 g/mol. The maximum atomic E-state index is 12.5. The van der Waals surface area contributed by atoms with Crippen molar-refractivity contribution in [2.24, 2.45) is 10.2 Å². The Morgan fingerprint density at radius 2 is 1.69 bits per heavy atom. The molecule has 0 aliphatic carbocycles. The topological polar surface area (TPSA) is 106 Å². The minimum absolute atomic E-state index is 0.126. The number of carbonyl (C=O) groups is 1. The van der Waals surface area contributed by atoms with Gasteiger partial charge >= 0.3 is 0 Å². The minimum atomic E-state index is -0.507. The van der Waals surface area contributed by atoms with E-state index in [0.717, 1.165) is 27.9 Å². The summed E-state index contributed by atoms with van der Waals surface area (Å²) in [5.41, 5.74) is 3.79. The Labute approximate surface area is 164 Å². The molecule has 0 aliphatic rings. The van der Waals surface area contributed by atoms with Crippen LogP contribution < -0.4 is 0 Å². The van der Waals surface area contributed by atoms with E-state index in [1.807, 2.05) is 48.5 Å². The van der Waals surface area contributed by atoms with Crippen LogP contribution in [-0.4, -0.2) is 26.0 Å². The average Bonchev–Trinajstić information content (AvgIpc) is 3.32. The van der Waals surface area contributed by atoms with Crippen molar-refractivity contribution in [3.8, 4) is 17.3 Å². The molecule has 0 fully saturated rings. The van der Waals surface area contributed by atoms with Gasteiger partial charge in [0.05, 0.1) is 16.6 Å². The summed E-state index contributed by atoms with van der Waals surface area (Å²) in [6.45, 7) is 0. The summed E-state index contributed by atoms with van der Waals surface area (Å²) < 4.78 is 0. The number of para-hydroxylation sites is 1. The molecule has 29 heavy (non-hydrogen) atoms. The molecule has 0 saturated carbocycles. The number of H-pyrrole nitrogens is 2. The highest BCUT2D eigenvalue weighted by atomic mass is 16.3. The van der Waals surface area contributed by atoms with Crippen molar-refractivity contribution in [1.29, 1.82) is 0 Å². The fraction of sp³-hybridized carbons (Fsp3) is 0. The van der Waals surface area contributed by atoms with E-state index in [9.17, 15) is 9.90 Å². The Bertz CT molecular complexity index is 1380. The summed E-state index contributed by atoms with van der Waals surface area (Å²) in [6.07, 6.45) is 0. The Morgan fingerprint density at radius 3 is 2.55 bits per heavy atom. The molecular formula is C22H15N5O2. The number of fused-ring (bicyclic) bond motifs is 2. The highest BCUT2D eigenvalue weighted by Crippen LogP contribution is 2.35. The number of azo groups is 1. The van der Waals surface area contributed by atoms with Gasteiger partial charge in [-0.25, -0.2) is 4.98 Å². The van der Waals surface area contributed by atoms with Gasteiger partial charge in [0.2, 0.25) is 5.88 Å². The van der Waals surface area contributed by atoms with Crippen LogP contribution in [0.25, 0.3) is 33.3 Å². The Kier molecular flexibility index (Phi) is 3.91. The van der Waals surface area contributed by atoms with Crippen LogP contribution in [-0.2, 0) is 0 Å². The second-order valence-electron chi connectivity index (χ2n) is 6.56. The number of nitrogens with zero attached hydrogens (tertiary/aromatic N) is 3. The first-order valence-electron chi connectivity index (χ1n) is 9.00. The van der Waals surface area contributed by atoms with Gasteiger partial charge in [-0.1, -0.05) is 48.5 Å². The Morgan fingerprint density at radius 1 is 0.897 bits per heavy atom. The first-order valence-corrected chi connectivity index (χ1v) is 9.00. The summed E-state index contributed by atoms with van der Waals surface area (Å²) in [7, 11) is 0. The van der Waals surface area contributed by atoms with E-state index < -0.39 is 5.91 Å². The molecule has 5 rings (SSSR count). The van der Waals surface area contributed by atoms with E-state index >= 15 is 0 Å². The van der Waals surface area contributed by atoms with Gasteiger partial charge in [-0.05, 0) is 24.3 Å². The third kappa shape index (κ3) is 3.04. The lowest BCUT2D eigenvalue weighted by atomic mass is 10.2. The highest BCUT2D eigenvalue weighted by molar-refractivity contribution is 5.99. The van der Waals surface area contributed by atoms with Crippen LogP contribution in [0.5, 0.6) is 5.88 Å². The van der Waals surface area contributed by atoms with Gasteiger partial charge in [0.1, 0.15) is 5.82 Å². The molecule has 0 aliphatic heterocycles. The molecule has 0 bridgehead atoms. The van der Waals surface area contributed by atoms with Crippen molar-refractivity contribution in [1.82, 2.24) is 15.0 Å². The number of rotatable bonds is 3. The normalized spacial score (nSPS) is 11.6. The molecule has 5 aromatic rings. The van der Waals surface area contributed by atoms with Gasteiger partial charge in [-0.2, -0.15) is 0 Å². The maximum absolute atomic E-state index is 12.5. The number of imidazole rings is 1. The molecule has 0 radical (unpaired) electrons. The smallest absolute Gasteiger partial charge is 0.295 e. The van der Waals surface area contributed by atoms with Crippen LogP contribution in [0.2, 0.25) is 0 Å². The number of carbonyl (C=O) groups excluding carboxylic acids is 1. The van der Waals surface area contributed by atoms with Gasteiger partial charge in [0, 0.05) is 16.5 Å². The lowest BCUT2D eigenvalue weighted by Crippen LogP contribution is -1.93. The van der Waals surface area contributed by atoms with Gasteiger partial charge < -0.3 is 15.1 Å². The summed E-state index contributed by atoms with van der Waals surface area (Å²) in [5.74, 6) is 0.0993. The van der Waals surface area contributed by atoms with Crippen LogP contribution in [0.3, 0.4) is 0 Å². The molecule has 3 aromatic carbocycles. The number of hydrogen-bond acceptors (Lipinski definition) is 4. The second-order valence-corrected chi connectivity index (χ2v) is 6.56. The first kappa shape index (κ1) is 16.9. The molecule has 7 nitrogen and oxygen atoms in total. The monoisotopic (exact) mass is 381 g/mol. The molecule has 0 atom stereocenters. The van der Waals surface area contributed by atoms with Crippen molar-refractivity contribution >= 4 is 33.5 Å². The van der Waals surface area contributed by atoms with Crippen LogP contribution in [0.1, 0.15) is 10.4 Å². The average molecular weight is 381 g/mol. The standard InChI is InChI=1S/C22H15N5O2/c28-21(27-26-19-15-8-4-5-9-16(15)25-22(19)29)14-10-11-17-18(12-14)24-20(23-17)13-6-2-1-3-7-13/h1-12,25,29H,(H,23,24). The quantitative estimate of drug-likeness (QED) is 0.367. The van der Waals surface area contributed by atoms with Gasteiger partial charge in [-0.15, -0.1) is 10.2 Å². The molecule has 2 heterocycles. The van der Waals surface area contributed by atoms with Gasteiger partial charge in [0.15, 0.2) is 5.69 Å². The van der Waals surface area contributed by atoms with E-state index in [-0.39, 0.29) is 11.6 Å². The zero-order valence-electron chi connectivity index (χ0n) is 15.1. The Balaban J connectivity index is 1.46. The number of aromatic amines is 2. The zero-order chi connectivity index (χ0) is 19.8. The van der Waals surface area contributed by atoms with Gasteiger partial charge in [-0.3, -0.25) is 4.79 Å². The molecule has 140 valence electrons. The van der Waals surface area contributed by atoms with E-state index in [1.165, 1.54) is 0 Å². The van der Waals surface area contributed by atoms with Crippen LogP contribution in [0, 0.1) is 0 Å². The zero-order valence-corrected chi connectivity index (χ0v) is 15.1. The molecule has 1 amide bonds. The fourth-order valence-electron chi connectivity index (χ4n) is 3.24. The predicted molar refractivity (Wildman–Crippen MR) is 110 cm³/mol. The summed E-state index contributed by atoms with van der Waals surface area (Å²) in [6, 6.07) is 22.2. The second kappa shape index (κ2) is 6.72. The molecule has 2 aromatic heterocycles. The summed E-state index contributed by atoms with van der Waals surface area (Å²) in [5, 5.41) is 18.5. The number of nitrogens with one attached hydrogen (secondary N) is 2. The number of hydrogen-bond donors (Lipinski definition) is 3. The SMILES string of the molecule is O=C(N=Nc1c(O)[nH]c2ccccc12)c1ccc2nc(-c3ccccc3)[nH]c2c1. The number of aromatic hydroxyl groups is 1. The largest absolute Gasteiger partial charge is 0.493 e. The predicted octanol–water partition coefficient (Wildman–Crippen LogP) is 5.34. The van der Waals surface area contributed by atoms with E-state index in [0.29, 0.717) is 10.9 Å². The molecule has 0 unspecified atom stereocenters. The molecule has 3 N–H and O–H groups in total. The van der Waals surface area contributed by atoms with E-state index in [1.54, 1.807) is 24.3 Å². The lowest BCUT2D eigenvalue weighted by Gasteiger charge is -1.95. The lowest BCUT2D eigenvalue weighted by molar-refractivity contribution is 0.0995. The third-order valence-corrected chi connectivity index (χ3v) is 4.68. The maximum Gasteiger partial charge on any atom is 0.295 e. The van der Waals surface area contributed by atoms with Crippen LogP contribution in [0.4, 0.5) is 5.69 Å². The highest BCUT2D eigenvalue weighted by Gasteiger charge is 2.12.